The van der Waals surface area contributed by atoms with Crippen LogP contribution in [0.1, 0.15) is 68.2 Å². The molecule has 0 unspecified atom stereocenters. The summed E-state index contributed by atoms with van der Waals surface area (Å²) in [5.41, 5.74) is 18.5. The molecule has 47 heavy (non-hydrogen) atoms. The van der Waals surface area contributed by atoms with Gasteiger partial charge >= 0.3 is 0 Å². The van der Waals surface area contributed by atoms with Crippen molar-refractivity contribution in [3.8, 4) is 22.5 Å². The lowest BCUT2D eigenvalue weighted by Crippen LogP contribution is -2.07. The molecule has 5 aromatic rings. The number of hydrogen-bond acceptors (Lipinski definition) is 4. The van der Waals surface area contributed by atoms with Crippen LogP contribution in [0.4, 0.5) is 0 Å². The number of rotatable bonds is 0. The number of aromatic nitrogens is 2. The van der Waals surface area contributed by atoms with Crippen LogP contribution in [0.5, 0.6) is 0 Å². The van der Waals surface area contributed by atoms with Crippen molar-refractivity contribution >= 4 is 33.2 Å². The van der Waals surface area contributed by atoms with Gasteiger partial charge in [0.1, 0.15) is 0 Å². The first-order valence-electron chi connectivity index (χ1n) is 16.9. The Morgan fingerprint density at radius 3 is 1.83 bits per heavy atom. The second-order valence-electron chi connectivity index (χ2n) is 12.6. The molecule has 0 saturated carbocycles. The molecule has 0 N–H and O–H groups in total. The van der Waals surface area contributed by atoms with E-state index in [0.29, 0.717) is 0 Å². The maximum Gasteiger partial charge on any atom is 0.0972 e. The molecule has 5 heterocycles. The Morgan fingerprint density at radius 1 is 0.617 bits per heavy atom. The highest BCUT2D eigenvalue weighted by Crippen LogP contribution is 2.43. The lowest BCUT2D eigenvalue weighted by atomic mass is 9.86. The second kappa shape index (κ2) is 11.5. The Morgan fingerprint density at radius 2 is 1.19 bits per heavy atom. The molecule has 0 atom stereocenters. The maximum absolute atomic E-state index is 5.37. The quantitative estimate of drug-likeness (QED) is 0.164. The Bertz CT molecular complexity index is 2330. The lowest BCUT2D eigenvalue weighted by Gasteiger charge is -2.20. The van der Waals surface area contributed by atoms with E-state index in [4.69, 9.17) is 20.0 Å². The number of pyridine rings is 2. The molecule has 3 aliphatic heterocycles. The molecule has 4 aliphatic rings. The molecule has 12 bridgehead atoms. The monoisotopic (exact) mass is 610 g/mol. The highest BCUT2D eigenvalue weighted by Gasteiger charge is 2.30. The zero-order valence-electron chi connectivity index (χ0n) is 27.6. The van der Waals surface area contributed by atoms with Crippen molar-refractivity contribution in [2.45, 2.75) is 59.8 Å². The second-order valence-corrected chi connectivity index (χ2v) is 12.6. The molecule has 0 radical (unpaired) electrons. The van der Waals surface area contributed by atoms with Crippen LogP contribution >= 0.6 is 0 Å². The molecule has 0 amide bonds. The molecule has 4 heteroatoms. The number of aliphatic imine (C=N–C) groups is 2. The van der Waals surface area contributed by atoms with E-state index in [2.05, 4.69) is 105 Å². The van der Waals surface area contributed by atoms with Gasteiger partial charge in [0.25, 0.3) is 0 Å². The average molecular weight is 611 g/mol. The molecule has 2 aromatic heterocycles. The van der Waals surface area contributed by atoms with Gasteiger partial charge in [-0.15, -0.1) is 0 Å². The number of fused-ring (bicyclic) bond motifs is 11. The minimum atomic E-state index is 0.809. The summed E-state index contributed by atoms with van der Waals surface area (Å²) in [6.07, 6.45) is 9.24. The van der Waals surface area contributed by atoms with Crippen molar-refractivity contribution in [1.82, 2.24) is 9.97 Å². The van der Waals surface area contributed by atoms with E-state index in [1.807, 2.05) is 13.8 Å². The fraction of sp³-hybridized carbons (Fsp3) is 0.209. The Balaban J connectivity index is 0.00000159. The third-order valence-electron chi connectivity index (χ3n) is 10.0. The molecule has 0 fully saturated rings. The predicted molar refractivity (Wildman–Crippen MR) is 197 cm³/mol. The van der Waals surface area contributed by atoms with E-state index >= 15 is 0 Å². The fourth-order valence-electron chi connectivity index (χ4n) is 7.62. The maximum atomic E-state index is 5.37. The fourth-order valence-corrected chi connectivity index (χ4v) is 7.62. The standard InChI is InChI=1S/C41H32N4.C2H6/c1-23-30-9-6-10-31(23)35-20-18-27-15-16-28-19-21-36(44-41(28)40(27)43-35)32-11-7-12-33(24(32)2)37-22-29-17-14-26-8-4-5-13-34(30)42-25(3)38(26)39(29)45-37;1-2/h4,6-12,15-16,18-21H,3,5,13-14,17,22H2,1-2H3;1-2H3/b8-4-,42-34?;. The van der Waals surface area contributed by atoms with Crippen LogP contribution in [0, 0.1) is 13.8 Å². The van der Waals surface area contributed by atoms with E-state index < -0.39 is 0 Å². The Labute approximate surface area is 276 Å². The minimum Gasteiger partial charge on any atom is -0.253 e. The molecule has 3 aromatic carbocycles. The van der Waals surface area contributed by atoms with Crippen molar-refractivity contribution in [1.29, 1.82) is 0 Å². The minimum absolute atomic E-state index is 0.809. The lowest BCUT2D eigenvalue weighted by molar-refractivity contribution is 0.879. The summed E-state index contributed by atoms with van der Waals surface area (Å²) < 4.78 is 0. The molecule has 4 nitrogen and oxygen atoms in total. The van der Waals surface area contributed by atoms with Crippen LogP contribution in [0.2, 0.25) is 0 Å². The molecule has 1 aliphatic carbocycles. The third-order valence-corrected chi connectivity index (χ3v) is 10.0. The highest BCUT2D eigenvalue weighted by molar-refractivity contribution is 6.08. The normalized spacial score (nSPS) is 17.2. The largest absolute Gasteiger partial charge is 0.253 e. The Hall–Kier alpha value is -5.22. The van der Waals surface area contributed by atoms with E-state index in [1.54, 1.807) is 0 Å². The smallest absolute Gasteiger partial charge is 0.0972 e. The van der Waals surface area contributed by atoms with E-state index in [0.717, 1.165) is 110 Å². The van der Waals surface area contributed by atoms with Gasteiger partial charge in [0.2, 0.25) is 0 Å². The molecule has 230 valence electrons. The van der Waals surface area contributed by atoms with Crippen molar-refractivity contribution in [2.24, 2.45) is 9.98 Å². The number of benzene rings is 3. The van der Waals surface area contributed by atoms with Crippen LogP contribution in [-0.4, -0.2) is 21.4 Å². The summed E-state index contributed by atoms with van der Waals surface area (Å²) in [7, 11) is 0. The van der Waals surface area contributed by atoms with Crippen molar-refractivity contribution in [3.05, 3.63) is 142 Å². The van der Waals surface area contributed by atoms with Crippen LogP contribution < -0.4 is 0 Å². The highest BCUT2D eigenvalue weighted by atomic mass is 14.9. The summed E-state index contributed by atoms with van der Waals surface area (Å²) in [6, 6.07) is 26.0. The molecule has 0 saturated heterocycles. The zero-order chi connectivity index (χ0) is 32.2. The van der Waals surface area contributed by atoms with E-state index in [9.17, 15) is 0 Å². The predicted octanol–water partition coefficient (Wildman–Crippen LogP) is 11.0. The van der Waals surface area contributed by atoms with Gasteiger partial charge in [0.15, 0.2) is 0 Å². The summed E-state index contributed by atoms with van der Waals surface area (Å²) >= 11 is 0. The van der Waals surface area contributed by atoms with Crippen molar-refractivity contribution in [2.75, 3.05) is 0 Å². The first-order chi connectivity index (χ1) is 23.0. The summed E-state index contributed by atoms with van der Waals surface area (Å²) in [5.74, 6) is 0. The van der Waals surface area contributed by atoms with E-state index in [-0.39, 0.29) is 0 Å². The molecular formula is C43H38N4. The van der Waals surface area contributed by atoms with Crippen LogP contribution in [-0.2, 0) is 0 Å². The average Bonchev–Trinajstić information content (AvgIpc) is 3.56. The number of allylic oxidation sites excluding steroid dienone is 4. The Kier molecular flexibility index (Phi) is 7.17. The third kappa shape index (κ3) is 4.74. The summed E-state index contributed by atoms with van der Waals surface area (Å²) in [4.78, 5) is 21.3. The van der Waals surface area contributed by atoms with Crippen LogP contribution in [0.25, 0.3) is 44.3 Å². The first kappa shape index (κ1) is 29.2. The van der Waals surface area contributed by atoms with Gasteiger partial charge in [-0.1, -0.05) is 93.2 Å². The summed E-state index contributed by atoms with van der Waals surface area (Å²) in [6.45, 7) is 13.0. The van der Waals surface area contributed by atoms with Crippen LogP contribution in [0.3, 0.4) is 0 Å². The van der Waals surface area contributed by atoms with Crippen molar-refractivity contribution < 1.29 is 0 Å². The van der Waals surface area contributed by atoms with Gasteiger partial charge in [0, 0.05) is 39.6 Å². The first-order valence-corrected chi connectivity index (χ1v) is 16.9. The van der Waals surface area contributed by atoms with Gasteiger partial charge in [0.05, 0.1) is 39.5 Å². The van der Waals surface area contributed by atoms with Gasteiger partial charge in [-0.2, -0.15) is 0 Å². The van der Waals surface area contributed by atoms with Gasteiger partial charge in [-0.3, -0.25) is 9.98 Å². The topological polar surface area (TPSA) is 50.5 Å². The van der Waals surface area contributed by atoms with E-state index in [1.165, 1.54) is 27.8 Å². The van der Waals surface area contributed by atoms with Gasteiger partial charge < -0.3 is 0 Å². The number of hydrogen-bond donors (Lipinski definition) is 0. The van der Waals surface area contributed by atoms with Gasteiger partial charge in [-0.05, 0) is 85.1 Å². The van der Waals surface area contributed by atoms with Crippen molar-refractivity contribution in [3.63, 3.8) is 0 Å². The van der Waals surface area contributed by atoms with Crippen LogP contribution in [0.15, 0.2) is 130 Å². The molecule has 9 rings (SSSR count). The van der Waals surface area contributed by atoms with Gasteiger partial charge in [-0.25, -0.2) is 9.97 Å². The molecule has 0 spiro atoms. The SMILES string of the molecule is C=C1N=C2CC/C=C\C3=C1C1=C(CC3)CC(=N1)c1cccc(c1C)-c1ccc3ccc4ccc(nc4c3n1)-c1cccc2c1C.CC. The summed E-state index contributed by atoms with van der Waals surface area (Å²) in [5, 5.41) is 2.17. The number of nitrogens with zero attached hydrogens (tertiary/aromatic N) is 4. The zero-order valence-corrected chi connectivity index (χ0v) is 27.6. The molecular weight excluding hydrogens is 573 g/mol.